The molecule has 2 aromatic heterocycles. The van der Waals surface area contributed by atoms with Crippen LogP contribution >= 0.6 is 11.6 Å². The Balaban J connectivity index is 2.36. The van der Waals surface area contributed by atoms with Crippen LogP contribution in [0.5, 0.6) is 0 Å². The van der Waals surface area contributed by atoms with Crippen LogP contribution in [-0.2, 0) is 6.54 Å². The topological polar surface area (TPSA) is 68.8 Å². The number of hydrazine groups is 1. The van der Waals surface area contributed by atoms with E-state index in [2.05, 4.69) is 26.9 Å². The van der Waals surface area contributed by atoms with Crippen molar-refractivity contribution in [3.05, 3.63) is 47.3 Å². The third kappa shape index (κ3) is 2.69. The number of rotatable bonds is 5. The van der Waals surface area contributed by atoms with E-state index in [1.54, 1.807) is 18.5 Å². The van der Waals surface area contributed by atoms with E-state index in [4.69, 9.17) is 17.4 Å². The Labute approximate surface area is 111 Å². The molecule has 2 rings (SSSR count). The first-order chi connectivity index (χ1) is 8.76. The Bertz CT molecular complexity index is 511. The molecular formula is C12H16ClN5. The summed E-state index contributed by atoms with van der Waals surface area (Å²) in [5.74, 6) is 6.52. The number of aryl methyl sites for hydroxylation is 1. The zero-order valence-corrected chi connectivity index (χ0v) is 10.9. The van der Waals surface area contributed by atoms with E-state index in [0.29, 0.717) is 5.15 Å². The molecule has 0 bridgehead atoms. The summed E-state index contributed by atoms with van der Waals surface area (Å²) in [5.41, 5.74) is 3.72. The van der Waals surface area contributed by atoms with Crippen LogP contribution < -0.4 is 11.3 Å². The molecule has 2 aromatic rings. The van der Waals surface area contributed by atoms with Gasteiger partial charge in [0.15, 0.2) is 0 Å². The van der Waals surface area contributed by atoms with Crippen LogP contribution in [0.3, 0.4) is 0 Å². The fourth-order valence-electron chi connectivity index (χ4n) is 1.93. The van der Waals surface area contributed by atoms with Crippen LogP contribution in [0, 0.1) is 0 Å². The fraction of sp³-hybridized carbons (Fsp3) is 0.333. The molecule has 3 N–H and O–H groups in total. The standard InChI is InChI=1S/C12H16ClN5/c1-2-6-18-7-5-16-12(18)11(17-14)9-3-4-15-10(13)8-9/h3-5,7-8,11,17H,2,6,14H2,1H3. The zero-order chi connectivity index (χ0) is 13.0. The quantitative estimate of drug-likeness (QED) is 0.492. The highest BCUT2D eigenvalue weighted by Crippen LogP contribution is 2.21. The third-order valence-electron chi connectivity index (χ3n) is 2.72. The molecule has 6 heteroatoms. The van der Waals surface area contributed by atoms with Crippen molar-refractivity contribution in [3.63, 3.8) is 0 Å². The summed E-state index contributed by atoms with van der Waals surface area (Å²) in [4.78, 5) is 8.34. The molecule has 0 aliphatic rings. The molecule has 0 aliphatic carbocycles. The normalized spacial score (nSPS) is 12.6. The Hall–Kier alpha value is -1.43. The Morgan fingerprint density at radius 2 is 2.28 bits per heavy atom. The summed E-state index contributed by atoms with van der Waals surface area (Å²) in [6, 6.07) is 3.48. The van der Waals surface area contributed by atoms with Gasteiger partial charge in [-0.2, -0.15) is 0 Å². The Kier molecular flexibility index (Phi) is 4.30. The SMILES string of the molecule is CCCn1ccnc1C(NN)c1ccnc(Cl)c1. The van der Waals surface area contributed by atoms with Crippen LogP contribution in [-0.4, -0.2) is 14.5 Å². The first kappa shape index (κ1) is 13.0. The van der Waals surface area contributed by atoms with Gasteiger partial charge in [0.05, 0.1) is 0 Å². The summed E-state index contributed by atoms with van der Waals surface area (Å²) < 4.78 is 2.08. The minimum absolute atomic E-state index is 0.188. The van der Waals surface area contributed by atoms with Crippen molar-refractivity contribution >= 4 is 11.6 Å². The van der Waals surface area contributed by atoms with Gasteiger partial charge in [0.2, 0.25) is 0 Å². The molecule has 0 spiro atoms. The second-order valence-electron chi connectivity index (χ2n) is 3.99. The van der Waals surface area contributed by atoms with E-state index in [0.717, 1.165) is 24.4 Å². The molecule has 18 heavy (non-hydrogen) atoms. The highest BCUT2D eigenvalue weighted by atomic mass is 35.5. The maximum absolute atomic E-state index is 5.90. The smallest absolute Gasteiger partial charge is 0.131 e. The van der Waals surface area contributed by atoms with Crippen LogP contribution in [0.25, 0.3) is 0 Å². The number of nitrogens with one attached hydrogen (secondary N) is 1. The maximum Gasteiger partial charge on any atom is 0.131 e. The molecular weight excluding hydrogens is 250 g/mol. The van der Waals surface area contributed by atoms with E-state index < -0.39 is 0 Å². The van der Waals surface area contributed by atoms with Crippen LogP contribution in [0.2, 0.25) is 5.15 Å². The van der Waals surface area contributed by atoms with Gasteiger partial charge in [-0.25, -0.2) is 15.4 Å². The molecule has 96 valence electrons. The Morgan fingerprint density at radius 3 is 2.94 bits per heavy atom. The van der Waals surface area contributed by atoms with Gasteiger partial charge >= 0.3 is 0 Å². The second kappa shape index (κ2) is 5.95. The van der Waals surface area contributed by atoms with Gasteiger partial charge in [0, 0.05) is 25.1 Å². The monoisotopic (exact) mass is 265 g/mol. The van der Waals surface area contributed by atoms with Gasteiger partial charge in [-0.05, 0) is 24.1 Å². The van der Waals surface area contributed by atoms with Crippen molar-refractivity contribution < 1.29 is 0 Å². The number of aromatic nitrogens is 3. The molecule has 2 heterocycles. The largest absolute Gasteiger partial charge is 0.333 e. The average Bonchev–Trinajstić information content (AvgIpc) is 2.79. The molecule has 1 unspecified atom stereocenters. The predicted molar refractivity (Wildman–Crippen MR) is 70.9 cm³/mol. The molecule has 0 saturated carbocycles. The molecule has 0 saturated heterocycles. The lowest BCUT2D eigenvalue weighted by Crippen LogP contribution is -2.31. The number of nitrogens with two attached hydrogens (primary N) is 1. The minimum atomic E-state index is -0.188. The number of nitrogens with zero attached hydrogens (tertiary/aromatic N) is 3. The summed E-state index contributed by atoms with van der Waals surface area (Å²) in [5, 5.41) is 0.446. The van der Waals surface area contributed by atoms with Gasteiger partial charge in [-0.1, -0.05) is 18.5 Å². The summed E-state index contributed by atoms with van der Waals surface area (Å²) in [6.45, 7) is 3.03. The molecule has 0 fully saturated rings. The molecule has 0 radical (unpaired) electrons. The lowest BCUT2D eigenvalue weighted by Gasteiger charge is -2.17. The molecule has 0 aromatic carbocycles. The highest BCUT2D eigenvalue weighted by Gasteiger charge is 2.17. The van der Waals surface area contributed by atoms with Crippen molar-refractivity contribution in [1.29, 1.82) is 0 Å². The van der Waals surface area contributed by atoms with Crippen molar-refractivity contribution in [2.24, 2.45) is 5.84 Å². The molecule has 5 nitrogen and oxygen atoms in total. The maximum atomic E-state index is 5.90. The number of hydrogen-bond acceptors (Lipinski definition) is 4. The first-order valence-corrected chi connectivity index (χ1v) is 6.22. The van der Waals surface area contributed by atoms with Crippen molar-refractivity contribution in [3.8, 4) is 0 Å². The average molecular weight is 266 g/mol. The van der Waals surface area contributed by atoms with E-state index in [-0.39, 0.29) is 6.04 Å². The van der Waals surface area contributed by atoms with E-state index >= 15 is 0 Å². The van der Waals surface area contributed by atoms with Gasteiger partial charge in [-0.15, -0.1) is 0 Å². The van der Waals surface area contributed by atoms with Crippen LogP contribution in [0.4, 0.5) is 0 Å². The van der Waals surface area contributed by atoms with E-state index in [1.165, 1.54) is 0 Å². The highest BCUT2D eigenvalue weighted by molar-refractivity contribution is 6.29. The van der Waals surface area contributed by atoms with Gasteiger partial charge in [0.25, 0.3) is 0 Å². The van der Waals surface area contributed by atoms with Crippen LogP contribution in [0.15, 0.2) is 30.7 Å². The summed E-state index contributed by atoms with van der Waals surface area (Å²) in [6.07, 6.45) is 6.43. The number of hydrogen-bond donors (Lipinski definition) is 2. The molecule has 0 aliphatic heterocycles. The van der Waals surface area contributed by atoms with Gasteiger partial charge in [-0.3, -0.25) is 5.84 Å². The predicted octanol–water partition coefficient (Wildman–Crippen LogP) is 1.89. The van der Waals surface area contributed by atoms with Gasteiger partial charge in [0.1, 0.15) is 17.0 Å². The van der Waals surface area contributed by atoms with Crippen molar-refractivity contribution in [2.75, 3.05) is 0 Å². The number of halogens is 1. The van der Waals surface area contributed by atoms with Crippen LogP contribution in [0.1, 0.15) is 30.8 Å². The number of imidazole rings is 1. The zero-order valence-electron chi connectivity index (χ0n) is 10.2. The first-order valence-electron chi connectivity index (χ1n) is 5.85. The van der Waals surface area contributed by atoms with Crippen molar-refractivity contribution in [2.45, 2.75) is 25.9 Å². The Morgan fingerprint density at radius 1 is 1.44 bits per heavy atom. The van der Waals surface area contributed by atoms with E-state index in [1.807, 2.05) is 12.3 Å². The minimum Gasteiger partial charge on any atom is -0.333 e. The van der Waals surface area contributed by atoms with Gasteiger partial charge < -0.3 is 4.57 Å². The fourth-order valence-corrected chi connectivity index (χ4v) is 2.11. The number of pyridine rings is 1. The third-order valence-corrected chi connectivity index (χ3v) is 2.93. The van der Waals surface area contributed by atoms with E-state index in [9.17, 15) is 0 Å². The lowest BCUT2D eigenvalue weighted by atomic mass is 10.1. The summed E-state index contributed by atoms with van der Waals surface area (Å²) >= 11 is 5.90. The summed E-state index contributed by atoms with van der Waals surface area (Å²) in [7, 11) is 0. The van der Waals surface area contributed by atoms with Crippen molar-refractivity contribution in [1.82, 2.24) is 20.0 Å². The molecule has 0 amide bonds. The second-order valence-corrected chi connectivity index (χ2v) is 4.38. The lowest BCUT2D eigenvalue weighted by molar-refractivity contribution is 0.545. The molecule has 1 atom stereocenters.